The van der Waals surface area contributed by atoms with Crippen molar-refractivity contribution in [2.24, 2.45) is 0 Å². The molecule has 7 heteroatoms. The Morgan fingerprint density at radius 2 is 1.95 bits per heavy atom. The fourth-order valence-electron chi connectivity index (χ4n) is 1.84. The van der Waals surface area contributed by atoms with E-state index in [1.54, 1.807) is 0 Å². The Labute approximate surface area is 117 Å². The number of hydrogen-bond donors (Lipinski definition) is 2. The zero-order chi connectivity index (χ0) is 15.3. The zero-order valence-electron chi connectivity index (χ0n) is 11.3. The average Bonchev–Trinajstić information content (AvgIpc) is 2.37. The molecule has 0 fully saturated rings. The molecule has 1 rings (SSSR count). The molecule has 110 valence electrons. The van der Waals surface area contributed by atoms with Crippen molar-refractivity contribution in [2.45, 2.75) is 24.7 Å². The molecule has 1 amide bonds. The SMILES string of the molecule is CNC(=O)CCCS(=O)(=O)c1cccc(C(=O)O)c1C. The largest absolute Gasteiger partial charge is 0.478 e. The van der Waals surface area contributed by atoms with E-state index < -0.39 is 15.8 Å². The Hall–Kier alpha value is -1.89. The van der Waals surface area contributed by atoms with Crippen LogP contribution < -0.4 is 5.32 Å². The molecular weight excluding hydrogens is 282 g/mol. The minimum Gasteiger partial charge on any atom is -0.478 e. The number of rotatable bonds is 6. The van der Waals surface area contributed by atoms with E-state index in [0.29, 0.717) is 0 Å². The molecule has 0 saturated heterocycles. The van der Waals surface area contributed by atoms with E-state index in [4.69, 9.17) is 5.11 Å². The van der Waals surface area contributed by atoms with E-state index in [1.807, 2.05) is 0 Å². The normalized spacial score (nSPS) is 11.1. The Kier molecular flexibility index (Phi) is 5.26. The molecular formula is C13H17NO5S. The molecule has 6 nitrogen and oxygen atoms in total. The minimum atomic E-state index is -3.59. The van der Waals surface area contributed by atoms with E-state index in [1.165, 1.54) is 32.2 Å². The third-order valence-corrected chi connectivity index (χ3v) is 4.88. The maximum Gasteiger partial charge on any atom is 0.335 e. The summed E-state index contributed by atoms with van der Waals surface area (Å²) in [5.74, 6) is -1.58. The number of carbonyl (C=O) groups excluding carboxylic acids is 1. The zero-order valence-corrected chi connectivity index (χ0v) is 12.2. The Balaban J connectivity index is 2.96. The van der Waals surface area contributed by atoms with E-state index in [0.717, 1.165) is 0 Å². The summed E-state index contributed by atoms with van der Waals surface area (Å²) in [4.78, 5) is 22.1. The van der Waals surface area contributed by atoms with Gasteiger partial charge in [0.15, 0.2) is 9.84 Å². The number of hydrogen-bond acceptors (Lipinski definition) is 4. The van der Waals surface area contributed by atoms with Gasteiger partial charge in [0.05, 0.1) is 16.2 Å². The lowest BCUT2D eigenvalue weighted by atomic mass is 10.1. The summed E-state index contributed by atoms with van der Waals surface area (Å²) in [6, 6.07) is 4.15. The number of aromatic carboxylic acids is 1. The van der Waals surface area contributed by atoms with Crippen LogP contribution in [0.25, 0.3) is 0 Å². The van der Waals surface area contributed by atoms with Crippen LogP contribution in [0.1, 0.15) is 28.8 Å². The van der Waals surface area contributed by atoms with Crippen LogP contribution in [0.5, 0.6) is 0 Å². The van der Waals surface area contributed by atoms with Crippen LogP contribution in [0.15, 0.2) is 23.1 Å². The molecule has 0 aliphatic carbocycles. The molecule has 0 atom stereocenters. The van der Waals surface area contributed by atoms with Crippen molar-refractivity contribution in [2.75, 3.05) is 12.8 Å². The molecule has 0 aliphatic rings. The van der Waals surface area contributed by atoms with Gasteiger partial charge in [-0.25, -0.2) is 13.2 Å². The lowest BCUT2D eigenvalue weighted by Crippen LogP contribution is -2.19. The van der Waals surface area contributed by atoms with Crippen LogP contribution >= 0.6 is 0 Å². The standard InChI is InChI=1S/C13H17NO5S/c1-9-10(13(16)17)5-3-6-11(9)20(18,19)8-4-7-12(15)14-2/h3,5-6H,4,7-8H2,1-2H3,(H,14,15)(H,16,17). The first-order chi connectivity index (χ1) is 9.29. The highest BCUT2D eigenvalue weighted by Gasteiger charge is 2.20. The molecule has 0 aromatic heterocycles. The summed E-state index contributed by atoms with van der Waals surface area (Å²) in [5, 5.41) is 11.4. The van der Waals surface area contributed by atoms with Crippen molar-refractivity contribution in [1.29, 1.82) is 0 Å². The van der Waals surface area contributed by atoms with Crippen molar-refractivity contribution < 1.29 is 23.1 Å². The second-order valence-corrected chi connectivity index (χ2v) is 6.41. The van der Waals surface area contributed by atoms with Gasteiger partial charge in [-0.3, -0.25) is 4.79 Å². The molecule has 2 N–H and O–H groups in total. The van der Waals surface area contributed by atoms with Gasteiger partial charge < -0.3 is 10.4 Å². The lowest BCUT2D eigenvalue weighted by molar-refractivity contribution is -0.120. The van der Waals surface area contributed by atoms with Gasteiger partial charge in [-0.15, -0.1) is 0 Å². The van der Waals surface area contributed by atoms with Gasteiger partial charge in [-0.05, 0) is 31.0 Å². The predicted molar refractivity (Wildman–Crippen MR) is 73.5 cm³/mol. The number of sulfone groups is 1. The molecule has 0 unspecified atom stereocenters. The monoisotopic (exact) mass is 299 g/mol. The second-order valence-electron chi connectivity index (χ2n) is 4.33. The maximum atomic E-state index is 12.2. The first-order valence-electron chi connectivity index (χ1n) is 6.06. The third-order valence-electron chi connectivity index (χ3n) is 2.95. The van der Waals surface area contributed by atoms with Crippen molar-refractivity contribution in [3.05, 3.63) is 29.3 Å². The highest BCUT2D eigenvalue weighted by Crippen LogP contribution is 2.21. The number of amides is 1. The Morgan fingerprint density at radius 1 is 1.30 bits per heavy atom. The van der Waals surface area contributed by atoms with Gasteiger partial charge in [0.25, 0.3) is 0 Å². The molecule has 0 bridgehead atoms. The van der Waals surface area contributed by atoms with Gasteiger partial charge in [0.2, 0.25) is 5.91 Å². The van der Waals surface area contributed by atoms with E-state index in [9.17, 15) is 18.0 Å². The molecule has 0 saturated carbocycles. The quantitative estimate of drug-likeness (QED) is 0.816. The van der Waals surface area contributed by atoms with Crippen LogP contribution in [0, 0.1) is 6.92 Å². The molecule has 1 aromatic rings. The second kappa shape index (κ2) is 6.51. The van der Waals surface area contributed by atoms with E-state index in [2.05, 4.69) is 5.32 Å². The summed E-state index contributed by atoms with van der Waals surface area (Å²) in [5.41, 5.74) is 0.192. The van der Waals surface area contributed by atoms with Crippen LogP contribution in [-0.2, 0) is 14.6 Å². The number of benzene rings is 1. The molecule has 20 heavy (non-hydrogen) atoms. The van der Waals surface area contributed by atoms with Crippen LogP contribution in [-0.4, -0.2) is 38.2 Å². The smallest absolute Gasteiger partial charge is 0.335 e. The van der Waals surface area contributed by atoms with Crippen molar-refractivity contribution >= 4 is 21.7 Å². The van der Waals surface area contributed by atoms with Gasteiger partial charge >= 0.3 is 5.97 Å². The van der Waals surface area contributed by atoms with Gasteiger partial charge in [0.1, 0.15) is 0 Å². The van der Waals surface area contributed by atoms with Crippen molar-refractivity contribution in [1.82, 2.24) is 5.32 Å². The highest BCUT2D eigenvalue weighted by molar-refractivity contribution is 7.91. The fraction of sp³-hybridized carbons (Fsp3) is 0.385. The van der Waals surface area contributed by atoms with Gasteiger partial charge in [-0.2, -0.15) is 0 Å². The topological polar surface area (TPSA) is 101 Å². The Bertz CT molecular complexity index is 622. The van der Waals surface area contributed by atoms with E-state index >= 15 is 0 Å². The average molecular weight is 299 g/mol. The van der Waals surface area contributed by atoms with Crippen molar-refractivity contribution in [3.8, 4) is 0 Å². The van der Waals surface area contributed by atoms with E-state index in [-0.39, 0.29) is 40.5 Å². The predicted octanol–water partition coefficient (Wildman–Crippen LogP) is 0.993. The highest BCUT2D eigenvalue weighted by atomic mass is 32.2. The van der Waals surface area contributed by atoms with Crippen LogP contribution in [0.2, 0.25) is 0 Å². The number of carboxylic acids is 1. The van der Waals surface area contributed by atoms with Crippen LogP contribution in [0.3, 0.4) is 0 Å². The molecule has 0 radical (unpaired) electrons. The molecule has 0 spiro atoms. The summed E-state index contributed by atoms with van der Waals surface area (Å²) in [6.45, 7) is 1.47. The number of carboxylic acid groups (broad SMARTS) is 1. The van der Waals surface area contributed by atoms with Gasteiger partial charge in [0, 0.05) is 13.5 Å². The van der Waals surface area contributed by atoms with Crippen LogP contribution in [0.4, 0.5) is 0 Å². The van der Waals surface area contributed by atoms with Crippen molar-refractivity contribution in [3.63, 3.8) is 0 Å². The fourth-order valence-corrected chi connectivity index (χ4v) is 3.45. The summed E-state index contributed by atoms with van der Waals surface area (Å²) in [6.07, 6.45) is 0.312. The summed E-state index contributed by atoms with van der Waals surface area (Å²) < 4.78 is 24.3. The lowest BCUT2D eigenvalue weighted by Gasteiger charge is -2.09. The third kappa shape index (κ3) is 3.80. The summed E-state index contributed by atoms with van der Waals surface area (Å²) >= 11 is 0. The first kappa shape index (κ1) is 16.2. The molecule has 1 aromatic carbocycles. The Morgan fingerprint density at radius 3 is 2.50 bits per heavy atom. The number of carbonyl (C=O) groups is 2. The maximum absolute atomic E-state index is 12.2. The first-order valence-corrected chi connectivity index (χ1v) is 7.71. The molecule has 0 heterocycles. The minimum absolute atomic E-state index is 0.00862. The summed E-state index contributed by atoms with van der Waals surface area (Å²) in [7, 11) is -2.11. The number of nitrogens with one attached hydrogen (secondary N) is 1. The van der Waals surface area contributed by atoms with Gasteiger partial charge in [-0.1, -0.05) is 6.07 Å². The molecule has 0 aliphatic heterocycles.